The quantitative estimate of drug-likeness (QED) is 0.523. The SMILES string of the molecule is CC1(C)C2CCC1(C)C(OC1=C(Br)C(Br)C(=O)O1)C2. The number of ether oxygens (including phenoxy) is 2. The topological polar surface area (TPSA) is 35.5 Å². The molecule has 4 atom stereocenters. The van der Waals surface area contributed by atoms with Crippen LogP contribution in [0.15, 0.2) is 10.4 Å². The number of carbonyl (C=O) groups excluding carboxylic acids is 1. The van der Waals surface area contributed by atoms with E-state index in [1.807, 2.05) is 0 Å². The smallest absolute Gasteiger partial charge is 0.332 e. The van der Waals surface area contributed by atoms with Crippen LogP contribution in [0, 0.1) is 16.7 Å². The molecular formula is C14H18Br2O3. The van der Waals surface area contributed by atoms with E-state index in [4.69, 9.17) is 9.47 Å². The number of esters is 1. The molecule has 2 aliphatic carbocycles. The summed E-state index contributed by atoms with van der Waals surface area (Å²) in [6.07, 6.45) is 3.66. The van der Waals surface area contributed by atoms with Crippen LogP contribution in [0.3, 0.4) is 0 Å². The summed E-state index contributed by atoms with van der Waals surface area (Å²) in [7, 11) is 0. The summed E-state index contributed by atoms with van der Waals surface area (Å²) < 4.78 is 11.9. The number of fused-ring (bicyclic) bond motifs is 2. The molecule has 0 radical (unpaired) electrons. The van der Waals surface area contributed by atoms with Gasteiger partial charge in [-0.15, -0.1) is 0 Å². The summed E-state index contributed by atoms with van der Waals surface area (Å²) in [5, 5.41) is 0. The Bertz CT molecular complexity index is 471. The predicted molar refractivity (Wildman–Crippen MR) is 78.9 cm³/mol. The summed E-state index contributed by atoms with van der Waals surface area (Å²) in [5.41, 5.74) is 0.454. The summed E-state index contributed by atoms with van der Waals surface area (Å²) >= 11 is 6.66. The Labute approximate surface area is 130 Å². The van der Waals surface area contributed by atoms with Gasteiger partial charge in [-0.2, -0.15) is 0 Å². The van der Waals surface area contributed by atoms with E-state index in [-0.39, 0.29) is 17.5 Å². The zero-order chi connectivity index (χ0) is 14.0. The lowest BCUT2D eigenvalue weighted by Gasteiger charge is -2.38. The van der Waals surface area contributed by atoms with E-state index in [9.17, 15) is 4.79 Å². The van der Waals surface area contributed by atoms with Gasteiger partial charge in [0.1, 0.15) is 10.6 Å². The van der Waals surface area contributed by atoms with Gasteiger partial charge in [0.15, 0.2) is 4.83 Å². The van der Waals surface area contributed by atoms with Crippen LogP contribution >= 0.6 is 31.9 Å². The van der Waals surface area contributed by atoms with Crippen molar-refractivity contribution in [3.05, 3.63) is 10.4 Å². The van der Waals surface area contributed by atoms with E-state index in [2.05, 4.69) is 52.6 Å². The van der Waals surface area contributed by atoms with Gasteiger partial charge in [-0.1, -0.05) is 36.7 Å². The lowest BCUT2D eigenvalue weighted by Crippen LogP contribution is -2.37. The molecule has 2 bridgehead atoms. The lowest BCUT2D eigenvalue weighted by molar-refractivity contribution is -0.144. The fraction of sp³-hybridized carbons (Fsp3) is 0.786. The molecule has 0 aromatic heterocycles. The minimum atomic E-state index is -0.429. The van der Waals surface area contributed by atoms with Gasteiger partial charge < -0.3 is 9.47 Å². The van der Waals surface area contributed by atoms with Crippen LogP contribution in [0.2, 0.25) is 0 Å². The Kier molecular flexibility index (Phi) is 3.10. The molecule has 5 heteroatoms. The highest BCUT2D eigenvalue weighted by Gasteiger charge is 2.63. The lowest BCUT2D eigenvalue weighted by atomic mass is 9.70. The number of carbonyl (C=O) groups is 1. The molecule has 2 saturated carbocycles. The van der Waals surface area contributed by atoms with Crippen molar-refractivity contribution in [1.82, 2.24) is 0 Å². The van der Waals surface area contributed by atoms with Gasteiger partial charge in [0.05, 0.1) is 0 Å². The summed E-state index contributed by atoms with van der Waals surface area (Å²) in [5.74, 6) is 0.745. The fourth-order valence-electron chi connectivity index (χ4n) is 3.92. The molecule has 0 saturated heterocycles. The molecule has 3 aliphatic rings. The number of halogens is 2. The molecule has 0 spiro atoms. The maximum absolute atomic E-state index is 11.5. The second kappa shape index (κ2) is 4.23. The number of alkyl halides is 1. The average molecular weight is 394 g/mol. The Morgan fingerprint density at radius 2 is 2.05 bits per heavy atom. The zero-order valence-corrected chi connectivity index (χ0v) is 14.5. The maximum atomic E-state index is 11.5. The van der Waals surface area contributed by atoms with Crippen LogP contribution in [-0.4, -0.2) is 16.9 Å². The first-order chi connectivity index (χ1) is 8.77. The van der Waals surface area contributed by atoms with Gasteiger partial charge in [0, 0.05) is 5.41 Å². The van der Waals surface area contributed by atoms with Crippen molar-refractivity contribution in [2.24, 2.45) is 16.7 Å². The molecule has 106 valence electrons. The Morgan fingerprint density at radius 1 is 1.37 bits per heavy atom. The Hall–Kier alpha value is -0.0300. The zero-order valence-electron chi connectivity index (χ0n) is 11.3. The monoisotopic (exact) mass is 392 g/mol. The number of hydrogen-bond donors (Lipinski definition) is 0. The molecule has 1 aliphatic heterocycles. The van der Waals surface area contributed by atoms with Crippen LogP contribution in [0.25, 0.3) is 0 Å². The van der Waals surface area contributed by atoms with Crippen molar-refractivity contribution in [2.75, 3.05) is 0 Å². The average Bonchev–Trinajstić information content (AvgIpc) is 2.79. The van der Waals surface area contributed by atoms with E-state index in [1.54, 1.807) is 0 Å². The van der Waals surface area contributed by atoms with Crippen molar-refractivity contribution >= 4 is 37.8 Å². The van der Waals surface area contributed by atoms with Gasteiger partial charge in [-0.05, 0) is 46.5 Å². The minimum absolute atomic E-state index is 0.134. The van der Waals surface area contributed by atoms with Gasteiger partial charge in [-0.3, -0.25) is 0 Å². The van der Waals surface area contributed by atoms with Gasteiger partial charge in [-0.25, -0.2) is 4.79 Å². The molecule has 3 rings (SSSR count). The second-order valence-corrected chi connectivity index (χ2v) is 8.41. The Morgan fingerprint density at radius 3 is 2.47 bits per heavy atom. The largest absolute Gasteiger partial charge is 0.461 e. The van der Waals surface area contributed by atoms with Crippen molar-refractivity contribution < 1.29 is 14.3 Å². The molecule has 1 heterocycles. The molecule has 0 aromatic rings. The first-order valence-corrected chi connectivity index (χ1v) is 8.40. The van der Waals surface area contributed by atoms with Crippen LogP contribution in [-0.2, 0) is 14.3 Å². The summed E-state index contributed by atoms with van der Waals surface area (Å²) in [4.78, 5) is 11.1. The van der Waals surface area contributed by atoms with Crippen molar-refractivity contribution in [2.45, 2.75) is 51.0 Å². The maximum Gasteiger partial charge on any atom is 0.332 e. The van der Waals surface area contributed by atoms with Crippen molar-refractivity contribution in [1.29, 1.82) is 0 Å². The van der Waals surface area contributed by atoms with Crippen molar-refractivity contribution in [3.8, 4) is 0 Å². The number of rotatable bonds is 2. The first-order valence-electron chi connectivity index (χ1n) is 6.69. The number of cyclic esters (lactones) is 1. The highest BCUT2D eigenvalue weighted by molar-refractivity contribution is 9.14. The van der Waals surface area contributed by atoms with E-state index >= 15 is 0 Å². The highest BCUT2D eigenvalue weighted by atomic mass is 79.9. The molecule has 0 aromatic carbocycles. The minimum Gasteiger partial charge on any atom is -0.461 e. The molecular weight excluding hydrogens is 376 g/mol. The first kappa shape index (κ1) is 13.9. The van der Waals surface area contributed by atoms with Gasteiger partial charge in [0.25, 0.3) is 5.95 Å². The standard InChI is InChI=1S/C14H18Br2O3/c1-13(2)7-4-5-14(13,3)8(6-7)18-12-10(16)9(15)11(17)19-12/h7-9H,4-6H2,1-3H3. The second-order valence-electron chi connectivity index (χ2n) is 6.64. The molecule has 19 heavy (non-hydrogen) atoms. The van der Waals surface area contributed by atoms with Gasteiger partial charge in [0.2, 0.25) is 0 Å². The van der Waals surface area contributed by atoms with E-state index < -0.39 is 4.83 Å². The third-order valence-corrected chi connectivity index (χ3v) is 8.01. The molecule has 0 N–H and O–H groups in total. The third-order valence-electron chi connectivity index (χ3n) is 5.78. The summed E-state index contributed by atoms with van der Waals surface area (Å²) in [6.45, 7) is 6.98. The highest BCUT2D eigenvalue weighted by Crippen LogP contribution is 2.66. The molecule has 2 fully saturated rings. The van der Waals surface area contributed by atoms with Crippen LogP contribution in [0.1, 0.15) is 40.0 Å². The van der Waals surface area contributed by atoms with Crippen LogP contribution < -0.4 is 0 Å². The molecule has 3 nitrogen and oxygen atoms in total. The fourth-order valence-corrected chi connectivity index (χ4v) is 4.56. The molecule has 0 amide bonds. The summed E-state index contributed by atoms with van der Waals surface area (Å²) in [6, 6.07) is 0. The van der Waals surface area contributed by atoms with E-state index in [0.717, 1.165) is 6.42 Å². The molecule has 4 unspecified atom stereocenters. The van der Waals surface area contributed by atoms with E-state index in [1.165, 1.54) is 12.8 Å². The number of hydrogen-bond acceptors (Lipinski definition) is 3. The predicted octanol–water partition coefficient (Wildman–Crippen LogP) is 4.10. The Balaban J connectivity index is 1.82. The normalized spacial score (nSPS) is 43.8. The van der Waals surface area contributed by atoms with Crippen molar-refractivity contribution in [3.63, 3.8) is 0 Å². The van der Waals surface area contributed by atoms with Gasteiger partial charge >= 0.3 is 5.97 Å². The third kappa shape index (κ3) is 1.76. The van der Waals surface area contributed by atoms with Crippen LogP contribution in [0.4, 0.5) is 0 Å². The van der Waals surface area contributed by atoms with E-state index in [0.29, 0.717) is 21.8 Å². The van der Waals surface area contributed by atoms with Crippen LogP contribution in [0.5, 0.6) is 0 Å².